The monoisotopic (exact) mass is 380 g/mol. The highest BCUT2D eigenvalue weighted by molar-refractivity contribution is 7.13. The highest BCUT2D eigenvalue weighted by Gasteiger charge is 2.10. The Labute approximate surface area is 159 Å². The first-order valence-corrected chi connectivity index (χ1v) is 9.45. The molecule has 0 saturated heterocycles. The molecule has 0 spiro atoms. The zero-order valence-corrected chi connectivity index (χ0v) is 15.2. The second-order valence-corrected chi connectivity index (χ2v) is 6.99. The van der Waals surface area contributed by atoms with Crippen LogP contribution < -0.4 is 5.32 Å². The van der Waals surface area contributed by atoms with Crippen molar-refractivity contribution < 1.29 is 9.18 Å². The first-order valence-electron chi connectivity index (χ1n) is 8.57. The number of carbonyl (C=O) groups is 1. The van der Waals surface area contributed by atoms with Crippen LogP contribution in [-0.4, -0.2) is 26.8 Å². The number of hydrogen-bond donors (Lipinski definition) is 1. The summed E-state index contributed by atoms with van der Waals surface area (Å²) in [5.74, 6) is -0.385. The van der Waals surface area contributed by atoms with E-state index < -0.39 is 0 Å². The van der Waals surface area contributed by atoms with Gasteiger partial charge in [0.25, 0.3) is 0 Å². The zero-order valence-electron chi connectivity index (χ0n) is 14.4. The summed E-state index contributed by atoms with van der Waals surface area (Å²) in [5, 5.41) is 5.44. The number of pyridine rings is 1. The molecule has 4 aromatic rings. The maximum atomic E-state index is 13.3. The summed E-state index contributed by atoms with van der Waals surface area (Å²) < 4.78 is 15.3. The van der Waals surface area contributed by atoms with E-state index in [2.05, 4.69) is 15.3 Å². The molecule has 5 nitrogen and oxygen atoms in total. The number of imidazole rings is 1. The molecule has 1 amide bonds. The number of aromatic nitrogens is 3. The summed E-state index contributed by atoms with van der Waals surface area (Å²) >= 11 is 1.41. The fraction of sp³-hybridized carbons (Fsp3) is 0.150. The van der Waals surface area contributed by atoms with Crippen molar-refractivity contribution in [3.63, 3.8) is 0 Å². The Morgan fingerprint density at radius 2 is 2.07 bits per heavy atom. The van der Waals surface area contributed by atoms with Crippen LogP contribution in [0.25, 0.3) is 16.2 Å². The predicted molar refractivity (Wildman–Crippen MR) is 103 cm³/mol. The number of fused-ring (bicyclic) bond motifs is 1. The van der Waals surface area contributed by atoms with E-state index in [1.54, 1.807) is 12.1 Å². The Morgan fingerprint density at radius 1 is 1.15 bits per heavy atom. The molecule has 136 valence electrons. The second-order valence-electron chi connectivity index (χ2n) is 6.13. The fourth-order valence-corrected chi connectivity index (χ4v) is 3.62. The molecule has 0 aliphatic heterocycles. The van der Waals surface area contributed by atoms with Gasteiger partial charge >= 0.3 is 0 Å². The lowest BCUT2D eigenvalue weighted by molar-refractivity contribution is -0.120. The van der Waals surface area contributed by atoms with Crippen molar-refractivity contribution in [1.82, 2.24) is 19.7 Å². The Balaban J connectivity index is 1.30. The Bertz CT molecular complexity index is 1060. The van der Waals surface area contributed by atoms with Crippen LogP contribution in [0, 0.1) is 5.82 Å². The Hall–Kier alpha value is -3.06. The third kappa shape index (κ3) is 4.20. The van der Waals surface area contributed by atoms with E-state index in [1.807, 2.05) is 40.4 Å². The molecule has 0 aliphatic carbocycles. The summed E-state index contributed by atoms with van der Waals surface area (Å²) in [5.41, 5.74) is 3.23. The number of nitrogens with zero attached hydrogens (tertiary/aromatic N) is 3. The molecule has 0 radical (unpaired) electrons. The number of carbonyl (C=O) groups excluding carboxylic acids is 1. The van der Waals surface area contributed by atoms with Crippen LogP contribution in [-0.2, 0) is 17.6 Å². The first kappa shape index (κ1) is 17.4. The molecular weight excluding hydrogens is 363 g/mol. The summed E-state index contributed by atoms with van der Waals surface area (Å²) in [4.78, 5) is 21.1. The van der Waals surface area contributed by atoms with Crippen molar-refractivity contribution in [3.8, 4) is 10.6 Å². The normalized spacial score (nSPS) is 11.0. The average Bonchev–Trinajstić information content (AvgIpc) is 3.28. The van der Waals surface area contributed by atoms with E-state index in [1.165, 1.54) is 23.5 Å². The highest BCUT2D eigenvalue weighted by atomic mass is 32.1. The molecule has 27 heavy (non-hydrogen) atoms. The minimum Gasteiger partial charge on any atom is -0.355 e. The highest BCUT2D eigenvalue weighted by Crippen LogP contribution is 2.24. The molecule has 3 aromatic heterocycles. The van der Waals surface area contributed by atoms with Crippen LogP contribution in [0.4, 0.5) is 4.39 Å². The Kier molecular flexibility index (Phi) is 4.93. The SMILES string of the molecule is O=C(Cc1csc(-c2cccc(F)c2)n1)NCCc1cn2ccccc2n1. The average molecular weight is 380 g/mol. The first-order chi connectivity index (χ1) is 13.2. The second kappa shape index (κ2) is 7.67. The molecule has 0 aliphatic rings. The topological polar surface area (TPSA) is 59.3 Å². The molecule has 0 saturated carbocycles. The number of halogens is 1. The van der Waals surface area contributed by atoms with E-state index in [4.69, 9.17) is 0 Å². The van der Waals surface area contributed by atoms with Gasteiger partial charge in [0, 0.05) is 36.3 Å². The maximum absolute atomic E-state index is 13.3. The molecule has 0 bridgehead atoms. The van der Waals surface area contributed by atoms with Gasteiger partial charge < -0.3 is 9.72 Å². The smallest absolute Gasteiger partial charge is 0.226 e. The standard InChI is InChI=1S/C20H17FN4OS/c21-15-5-3-4-14(10-15)20-24-17(13-27-20)11-19(26)22-8-7-16-12-25-9-2-1-6-18(25)23-16/h1-6,9-10,12-13H,7-8,11H2,(H,22,26). The lowest BCUT2D eigenvalue weighted by Gasteiger charge is -2.02. The molecule has 0 unspecified atom stereocenters. The summed E-state index contributed by atoms with van der Waals surface area (Å²) in [6.45, 7) is 0.517. The van der Waals surface area contributed by atoms with E-state index in [9.17, 15) is 9.18 Å². The third-order valence-corrected chi connectivity index (χ3v) is 5.02. The van der Waals surface area contributed by atoms with E-state index in [0.29, 0.717) is 23.7 Å². The number of benzene rings is 1. The van der Waals surface area contributed by atoms with E-state index in [0.717, 1.165) is 16.9 Å². The van der Waals surface area contributed by atoms with Crippen LogP contribution >= 0.6 is 11.3 Å². The molecular formula is C20H17FN4OS. The molecule has 0 fully saturated rings. The van der Waals surface area contributed by atoms with Gasteiger partial charge in [-0.3, -0.25) is 4.79 Å². The largest absolute Gasteiger partial charge is 0.355 e. The summed E-state index contributed by atoms with van der Waals surface area (Å²) in [6, 6.07) is 12.1. The molecule has 7 heteroatoms. The van der Waals surface area contributed by atoms with Gasteiger partial charge in [0.05, 0.1) is 17.8 Å². The van der Waals surface area contributed by atoms with Gasteiger partial charge in [-0.15, -0.1) is 11.3 Å². The molecule has 4 rings (SSSR count). The van der Waals surface area contributed by atoms with Crippen LogP contribution in [0.3, 0.4) is 0 Å². The van der Waals surface area contributed by atoms with Gasteiger partial charge in [-0.2, -0.15) is 0 Å². The zero-order chi connectivity index (χ0) is 18.6. The number of hydrogen-bond acceptors (Lipinski definition) is 4. The van der Waals surface area contributed by atoms with Crippen molar-refractivity contribution in [2.24, 2.45) is 0 Å². The van der Waals surface area contributed by atoms with Gasteiger partial charge in [0.1, 0.15) is 16.5 Å². The molecule has 3 heterocycles. The van der Waals surface area contributed by atoms with Crippen molar-refractivity contribution >= 4 is 22.9 Å². The van der Waals surface area contributed by atoms with E-state index in [-0.39, 0.29) is 18.1 Å². The molecule has 1 aromatic carbocycles. The van der Waals surface area contributed by atoms with Gasteiger partial charge in [-0.1, -0.05) is 18.2 Å². The van der Waals surface area contributed by atoms with Crippen LogP contribution in [0.15, 0.2) is 60.2 Å². The van der Waals surface area contributed by atoms with E-state index >= 15 is 0 Å². The number of nitrogens with one attached hydrogen (secondary N) is 1. The quantitative estimate of drug-likeness (QED) is 0.557. The van der Waals surface area contributed by atoms with Gasteiger partial charge in [0.2, 0.25) is 5.91 Å². The maximum Gasteiger partial charge on any atom is 0.226 e. The van der Waals surface area contributed by atoms with Crippen molar-refractivity contribution in [2.75, 3.05) is 6.54 Å². The van der Waals surface area contributed by atoms with Crippen molar-refractivity contribution in [1.29, 1.82) is 0 Å². The minimum atomic E-state index is -0.297. The summed E-state index contributed by atoms with van der Waals surface area (Å²) in [6.07, 6.45) is 4.78. The lowest BCUT2D eigenvalue weighted by Crippen LogP contribution is -2.27. The van der Waals surface area contributed by atoms with Crippen LogP contribution in [0.5, 0.6) is 0 Å². The third-order valence-electron chi connectivity index (χ3n) is 4.08. The predicted octanol–water partition coefficient (Wildman–Crippen LogP) is 3.50. The van der Waals surface area contributed by atoms with Gasteiger partial charge in [0.15, 0.2) is 0 Å². The Morgan fingerprint density at radius 3 is 2.93 bits per heavy atom. The van der Waals surface area contributed by atoms with Gasteiger partial charge in [-0.05, 0) is 24.3 Å². The van der Waals surface area contributed by atoms with Crippen LogP contribution in [0.2, 0.25) is 0 Å². The number of rotatable bonds is 6. The minimum absolute atomic E-state index is 0.0881. The lowest BCUT2D eigenvalue weighted by atomic mass is 10.2. The van der Waals surface area contributed by atoms with Crippen molar-refractivity contribution in [3.05, 3.63) is 77.4 Å². The van der Waals surface area contributed by atoms with Crippen LogP contribution in [0.1, 0.15) is 11.4 Å². The molecule has 0 atom stereocenters. The summed E-state index contributed by atoms with van der Waals surface area (Å²) in [7, 11) is 0. The number of amides is 1. The van der Waals surface area contributed by atoms with Gasteiger partial charge in [-0.25, -0.2) is 14.4 Å². The fourth-order valence-electron chi connectivity index (χ4n) is 2.81. The van der Waals surface area contributed by atoms with Crippen molar-refractivity contribution in [2.45, 2.75) is 12.8 Å². The molecule has 1 N–H and O–H groups in total. The number of thiazole rings is 1.